The molecule has 0 unspecified atom stereocenters. The summed E-state index contributed by atoms with van der Waals surface area (Å²) in [5, 5.41) is 4.75. The summed E-state index contributed by atoms with van der Waals surface area (Å²) in [6, 6.07) is 6.04. The number of rotatable bonds is 4. The van der Waals surface area contributed by atoms with Crippen molar-refractivity contribution in [3.8, 4) is 0 Å². The van der Waals surface area contributed by atoms with E-state index >= 15 is 0 Å². The monoisotopic (exact) mass is 324 g/mol. The minimum Gasteiger partial charge on any atom is -0.369 e. The molecule has 0 radical (unpaired) electrons. The molecule has 1 N–H and O–H groups in total. The van der Waals surface area contributed by atoms with Crippen LogP contribution in [0.5, 0.6) is 0 Å². The van der Waals surface area contributed by atoms with Gasteiger partial charge in [-0.05, 0) is 42.9 Å². The molecule has 0 spiro atoms. The number of nitrogens with zero attached hydrogens (tertiary/aromatic N) is 3. The molecule has 5 heteroatoms. The molecule has 3 aromatic heterocycles. The van der Waals surface area contributed by atoms with Crippen molar-refractivity contribution in [2.75, 3.05) is 11.9 Å². The Morgan fingerprint density at radius 3 is 3.09 bits per heavy atom. The standard InChI is InChI=1S/C18H20N4S/c1-12-5-6-14-15(10-12)23-18-16(14)17(21-11-22-18)20-9-7-13-4-2-3-8-19-13/h2-4,8,11-12H,5-7,9-10H2,1H3,(H,20,21,22)/t12-/m1/s1. The lowest BCUT2D eigenvalue weighted by atomic mass is 9.89. The van der Waals surface area contributed by atoms with Gasteiger partial charge < -0.3 is 5.32 Å². The lowest BCUT2D eigenvalue weighted by Gasteiger charge is -2.18. The molecule has 4 nitrogen and oxygen atoms in total. The van der Waals surface area contributed by atoms with Gasteiger partial charge in [0.1, 0.15) is 17.0 Å². The SMILES string of the molecule is C[C@@H]1CCc2c(sc3ncnc(NCCc4ccccn4)c23)C1. The van der Waals surface area contributed by atoms with Crippen molar-refractivity contribution < 1.29 is 0 Å². The lowest BCUT2D eigenvalue weighted by Crippen LogP contribution is -2.10. The minimum absolute atomic E-state index is 0.782. The zero-order chi connectivity index (χ0) is 15.6. The van der Waals surface area contributed by atoms with Crippen LogP contribution in [0.25, 0.3) is 10.2 Å². The first-order valence-corrected chi connectivity index (χ1v) is 9.02. The Morgan fingerprint density at radius 1 is 1.26 bits per heavy atom. The number of aryl methyl sites for hydroxylation is 1. The summed E-state index contributed by atoms with van der Waals surface area (Å²) >= 11 is 1.84. The Kier molecular flexibility index (Phi) is 3.95. The van der Waals surface area contributed by atoms with E-state index in [1.165, 1.54) is 28.7 Å². The predicted molar refractivity (Wildman–Crippen MR) is 95.0 cm³/mol. The van der Waals surface area contributed by atoms with E-state index < -0.39 is 0 Å². The Hall–Kier alpha value is -2.01. The third-order valence-corrected chi connectivity index (χ3v) is 5.65. The van der Waals surface area contributed by atoms with E-state index in [9.17, 15) is 0 Å². The molecular formula is C18H20N4S. The van der Waals surface area contributed by atoms with Crippen LogP contribution in [-0.2, 0) is 19.3 Å². The van der Waals surface area contributed by atoms with Gasteiger partial charge in [-0.15, -0.1) is 11.3 Å². The highest BCUT2D eigenvalue weighted by molar-refractivity contribution is 7.19. The highest BCUT2D eigenvalue weighted by atomic mass is 32.1. The van der Waals surface area contributed by atoms with Crippen LogP contribution in [0.4, 0.5) is 5.82 Å². The summed E-state index contributed by atoms with van der Waals surface area (Å²) in [7, 11) is 0. The number of hydrogen-bond donors (Lipinski definition) is 1. The molecule has 4 rings (SSSR count). The van der Waals surface area contributed by atoms with Gasteiger partial charge in [-0.3, -0.25) is 4.98 Å². The summed E-state index contributed by atoms with van der Waals surface area (Å²) < 4.78 is 0. The number of hydrogen-bond acceptors (Lipinski definition) is 5. The van der Waals surface area contributed by atoms with Crippen molar-refractivity contribution in [2.45, 2.75) is 32.6 Å². The number of nitrogens with one attached hydrogen (secondary N) is 1. The molecule has 0 saturated carbocycles. The second kappa shape index (κ2) is 6.24. The normalized spacial score (nSPS) is 17.2. The maximum atomic E-state index is 4.50. The van der Waals surface area contributed by atoms with Gasteiger partial charge in [-0.1, -0.05) is 13.0 Å². The van der Waals surface area contributed by atoms with Crippen LogP contribution in [-0.4, -0.2) is 21.5 Å². The van der Waals surface area contributed by atoms with E-state index in [1.54, 1.807) is 6.33 Å². The summed E-state index contributed by atoms with van der Waals surface area (Å²) in [6.45, 7) is 3.18. The van der Waals surface area contributed by atoms with Crippen LogP contribution in [0.15, 0.2) is 30.7 Å². The Bertz CT molecular complexity index is 813. The first-order chi connectivity index (χ1) is 11.3. The third kappa shape index (κ3) is 2.93. The van der Waals surface area contributed by atoms with E-state index in [1.807, 2.05) is 29.7 Å². The largest absolute Gasteiger partial charge is 0.369 e. The van der Waals surface area contributed by atoms with Gasteiger partial charge in [0.2, 0.25) is 0 Å². The molecule has 0 saturated heterocycles. The first-order valence-electron chi connectivity index (χ1n) is 8.20. The smallest absolute Gasteiger partial charge is 0.138 e. The summed E-state index contributed by atoms with van der Waals surface area (Å²) in [6.07, 6.45) is 8.02. The van der Waals surface area contributed by atoms with Crippen molar-refractivity contribution in [3.63, 3.8) is 0 Å². The average molecular weight is 324 g/mol. The maximum Gasteiger partial charge on any atom is 0.138 e. The van der Waals surface area contributed by atoms with Crippen LogP contribution in [0.3, 0.4) is 0 Å². The lowest BCUT2D eigenvalue weighted by molar-refractivity contribution is 0.509. The molecule has 0 aromatic carbocycles. The van der Waals surface area contributed by atoms with Crippen molar-refractivity contribution in [1.82, 2.24) is 15.0 Å². The second-order valence-electron chi connectivity index (χ2n) is 6.25. The van der Waals surface area contributed by atoms with Gasteiger partial charge in [0, 0.05) is 29.7 Å². The number of anilines is 1. The highest BCUT2D eigenvalue weighted by Crippen LogP contribution is 2.39. The van der Waals surface area contributed by atoms with E-state index in [4.69, 9.17) is 0 Å². The van der Waals surface area contributed by atoms with Crippen molar-refractivity contribution in [2.24, 2.45) is 5.92 Å². The quantitative estimate of drug-likeness (QED) is 0.791. The molecule has 1 aliphatic rings. The van der Waals surface area contributed by atoms with Crippen LogP contribution in [0.2, 0.25) is 0 Å². The maximum absolute atomic E-state index is 4.50. The number of fused-ring (bicyclic) bond motifs is 3. The average Bonchev–Trinajstić information content (AvgIpc) is 2.94. The molecule has 0 bridgehead atoms. The molecule has 1 atom stereocenters. The fourth-order valence-corrected chi connectivity index (χ4v) is 4.61. The van der Waals surface area contributed by atoms with E-state index in [-0.39, 0.29) is 0 Å². The fraction of sp³-hybridized carbons (Fsp3) is 0.389. The number of aromatic nitrogens is 3. The Morgan fingerprint density at radius 2 is 2.22 bits per heavy atom. The van der Waals surface area contributed by atoms with Crippen molar-refractivity contribution in [1.29, 1.82) is 0 Å². The van der Waals surface area contributed by atoms with Crippen LogP contribution in [0, 0.1) is 5.92 Å². The Balaban J connectivity index is 1.57. The summed E-state index contributed by atoms with van der Waals surface area (Å²) in [5.74, 6) is 1.77. The van der Waals surface area contributed by atoms with Gasteiger partial charge in [-0.2, -0.15) is 0 Å². The van der Waals surface area contributed by atoms with Crippen LogP contribution >= 0.6 is 11.3 Å². The van der Waals surface area contributed by atoms with Gasteiger partial charge in [-0.25, -0.2) is 9.97 Å². The minimum atomic E-state index is 0.782. The van der Waals surface area contributed by atoms with E-state index in [0.29, 0.717) is 0 Å². The molecule has 118 valence electrons. The molecule has 3 aromatic rings. The van der Waals surface area contributed by atoms with Crippen LogP contribution < -0.4 is 5.32 Å². The predicted octanol–water partition coefficient (Wildman–Crippen LogP) is 3.87. The van der Waals surface area contributed by atoms with E-state index in [2.05, 4.69) is 33.3 Å². The van der Waals surface area contributed by atoms with Gasteiger partial charge in [0.15, 0.2) is 0 Å². The van der Waals surface area contributed by atoms with Gasteiger partial charge in [0.25, 0.3) is 0 Å². The van der Waals surface area contributed by atoms with Crippen LogP contribution in [0.1, 0.15) is 29.5 Å². The molecule has 1 aliphatic carbocycles. The molecule has 0 fully saturated rings. The molecule has 23 heavy (non-hydrogen) atoms. The van der Waals surface area contributed by atoms with E-state index in [0.717, 1.165) is 41.6 Å². The molecule has 3 heterocycles. The first kappa shape index (κ1) is 14.6. The second-order valence-corrected chi connectivity index (χ2v) is 7.34. The van der Waals surface area contributed by atoms with Crippen molar-refractivity contribution in [3.05, 3.63) is 46.9 Å². The third-order valence-electron chi connectivity index (χ3n) is 4.49. The molecule has 0 amide bonds. The summed E-state index contributed by atoms with van der Waals surface area (Å²) in [4.78, 5) is 16.0. The number of pyridine rings is 1. The van der Waals surface area contributed by atoms with Gasteiger partial charge >= 0.3 is 0 Å². The van der Waals surface area contributed by atoms with Crippen molar-refractivity contribution >= 4 is 27.4 Å². The zero-order valence-corrected chi connectivity index (χ0v) is 14.1. The molecule has 0 aliphatic heterocycles. The number of thiophene rings is 1. The Labute approximate surface area is 140 Å². The zero-order valence-electron chi connectivity index (χ0n) is 13.2. The van der Waals surface area contributed by atoms with Gasteiger partial charge in [0.05, 0.1) is 5.39 Å². The summed E-state index contributed by atoms with van der Waals surface area (Å²) in [5.41, 5.74) is 2.58. The fourth-order valence-electron chi connectivity index (χ4n) is 3.26. The highest BCUT2D eigenvalue weighted by Gasteiger charge is 2.22. The molecular weight excluding hydrogens is 304 g/mol. The topological polar surface area (TPSA) is 50.7 Å².